The summed E-state index contributed by atoms with van der Waals surface area (Å²) in [7, 11) is 1.57. The molecule has 1 aromatic heterocycles. The van der Waals surface area contributed by atoms with E-state index in [-0.39, 0.29) is 11.3 Å². The number of methoxy groups -OCH3 is 1. The summed E-state index contributed by atoms with van der Waals surface area (Å²) in [5.41, 5.74) is 2.44. The largest absolute Gasteiger partial charge is 0.481 e. The highest BCUT2D eigenvalue weighted by atomic mass is 19.4. The Morgan fingerprint density at radius 1 is 1.03 bits per heavy atom. The fourth-order valence-electron chi connectivity index (χ4n) is 5.45. The Morgan fingerprint density at radius 3 is 2.13 bits per heavy atom. The molecule has 3 nitrogen and oxygen atoms in total. The van der Waals surface area contributed by atoms with E-state index >= 15 is 0 Å². The number of nitrogens with zero attached hydrogens (tertiary/aromatic N) is 1. The summed E-state index contributed by atoms with van der Waals surface area (Å²) in [6.07, 6.45) is 7.92. The van der Waals surface area contributed by atoms with Crippen molar-refractivity contribution in [1.29, 1.82) is 0 Å². The lowest BCUT2D eigenvalue weighted by molar-refractivity contribution is -0.156. The van der Waals surface area contributed by atoms with E-state index in [9.17, 15) is 18.3 Å². The molecule has 0 aliphatic heterocycles. The van der Waals surface area contributed by atoms with Crippen molar-refractivity contribution in [3.63, 3.8) is 0 Å². The summed E-state index contributed by atoms with van der Waals surface area (Å²) in [4.78, 5) is 4.81. The fraction of sp³-hybridized carbons (Fsp3) is 0.719. The molecular formula is C32H52F3NO2. The Labute approximate surface area is 229 Å². The molecule has 0 radical (unpaired) electrons. The van der Waals surface area contributed by atoms with Crippen LogP contribution in [0.2, 0.25) is 0 Å². The van der Waals surface area contributed by atoms with Gasteiger partial charge in [0.05, 0.1) is 24.5 Å². The zero-order valence-corrected chi connectivity index (χ0v) is 25.3. The van der Waals surface area contributed by atoms with Crippen LogP contribution in [0.1, 0.15) is 111 Å². The number of pyridine rings is 1. The first-order chi connectivity index (χ1) is 17.8. The molecule has 0 aromatic carbocycles. The third-order valence-electron chi connectivity index (χ3n) is 7.94. The molecule has 218 valence electrons. The van der Waals surface area contributed by atoms with Crippen LogP contribution in [0.25, 0.3) is 12.2 Å². The average molecular weight is 540 g/mol. The van der Waals surface area contributed by atoms with E-state index in [2.05, 4.69) is 40.7 Å². The smallest absolute Gasteiger partial charge is 0.394 e. The van der Waals surface area contributed by atoms with Crippen LogP contribution >= 0.6 is 0 Å². The van der Waals surface area contributed by atoms with Gasteiger partial charge in [0.15, 0.2) is 0 Å². The molecular weight excluding hydrogens is 487 g/mol. The zero-order valence-electron chi connectivity index (χ0n) is 25.3. The van der Waals surface area contributed by atoms with Crippen LogP contribution < -0.4 is 15.3 Å². The van der Waals surface area contributed by atoms with Gasteiger partial charge in [-0.25, -0.2) is 4.98 Å². The lowest BCUT2D eigenvalue weighted by Crippen LogP contribution is -2.36. The van der Waals surface area contributed by atoms with Crippen molar-refractivity contribution in [2.24, 2.45) is 17.3 Å². The van der Waals surface area contributed by atoms with Gasteiger partial charge in [-0.3, -0.25) is 0 Å². The summed E-state index contributed by atoms with van der Waals surface area (Å²) in [5.74, 6) is -1.03. The fourth-order valence-corrected chi connectivity index (χ4v) is 5.45. The molecule has 4 atom stereocenters. The second-order valence-corrected chi connectivity index (χ2v) is 11.1. The van der Waals surface area contributed by atoms with Crippen LogP contribution in [-0.4, -0.2) is 29.5 Å². The third kappa shape index (κ3) is 9.14. The maximum atomic E-state index is 13.5. The highest BCUT2D eigenvalue weighted by Crippen LogP contribution is 2.35. The van der Waals surface area contributed by atoms with Crippen LogP contribution in [0.5, 0.6) is 5.88 Å². The van der Waals surface area contributed by atoms with Crippen molar-refractivity contribution >= 4 is 12.2 Å². The number of alkyl halides is 3. The van der Waals surface area contributed by atoms with Crippen molar-refractivity contribution < 1.29 is 23.0 Å². The normalized spacial score (nSPS) is 17.9. The number of allylic oxidation sites excluding steroid dienone is 2. The molecule has 0 fully saturated rings. The SMILES string of the molecule is C/C=c1\nc(OC)c(C/C(=C/C(C)C(F)(F)F)[C@H](C)CCC)c(CC)\c1=C\C[C@](C)(CCC)C(O)CCC. The van der Waals surface area contributed by atoms with E-state index in [0.29, 0.717) is 25.1 Å². The molecule has 1 rings (SSSR count). The molecule has 2 unspecified atom stereocenters. The molecule has 0 aliphatic carbocycles. The Hall–Kier alpha value is -1.82. The highest BCUT2D eigenvalue weighted by Gasteiger charge is 2.35. The lowest BCUT2D eigenvalue weighted by Gasteiger charge is -2.33. The van der Waals surface area contributed by atoms with Gasteiger partial charge in [-0.05, 0) is 67.6 Å². The van der Waals surface area contributed by atoms with Crippen LogP contribution in [0.15, 0.2) is 11.6 Å². The van der Waals surface area contributed by atoms with Gasteiger partial charge in [-0.2, -0.15) is 13.2 Å². The van der Waals surface area contributed by atoms with Crippen LogP contribution in [0.4, 0.5) is 13.2 Å². The van der Waals surface area contributed by atoms with E-state index in [1.807, 2.05) is 19.9 Å². The molecule has 0 saturated heterocycles. The average Bonchev–Trinajstić information content (AvgIpc) is 2.86. The van der Waals surface area contributed by atoms with Gasteiger partial charge in [0, 0.05) is 5.56 Å². The number of aliphatic hydroxyl groups is 1. The summed E-state index contributed by atoms with van der Waals surface area (Å²) in [6.45, 7) is 15.7. The molecule has 1 N–H and O–H groups in total. The molecule has 1 heterocycles. The van der Waals surface area contributed by atoms with Crippen LogP contribution in [-0.2, 0) is 12.8 Å². The minimum absolute atomic E-state index is 0.0149. The number of halogens is 3. The first-order valence-electron chi connectivity index (χ1n) is 14.5. The van der Waals surface area contributed by atoms with Gasteiger partial charge < -0.3 is 9.84 Å². The first-order valence-corrected chi connectivity index (χ1v) is 14.5. The van der Waals surface area contributed by atoms with Gasteiger partial charge >= 0.3 is 6.18 Å². The maximum absolute atomic E-state index is 13.5. The molecule has 0 amide bonds. The predicted molar refractivity (Wildman–Crippen MR) is 154 cm³/mol. The number of aliphatic hydroxyl groups excluding tert-OH is 1. The Kier molecular flexibility index (Phi) is 14.1. The van der Waals surface area contributed by atoms with Gasteiger partial charge in [-0.1, -0.05) is 91.5 Å². The second kappa shape index (κ2) is 15.7. The van der Waals surface area contributed by atoms with E-state index < -0.39 is 18.2 Å². The van der Waals surface area contributed by atoms with Gasteiger partial charge in [0.1, 0.15) is 0 Å². The van der Waals surface area contributed by atoms with Crippen LogP contribution in [0.3, 0.4) is 0 Å². The summed E-state index contributed by atoms with van der Waals surface area (Å²) < 4.78 is 46.3. The second-order valence-electron chi connectivity index (χ2n) is 11.1. The van der Waals surface area contributed by atoms with Crippen LogP contribution in [0, 0.1) is 17.3 Å². The van der Waals surface area contributed by atoms with Crippen molar-refractivity contribution in [2.75, 3.05) is 7.11 Å². The van der Waals surface area contributed by atoms with E-state index in [4.69, 9.17) is 9.72 Å². The van der Waals surface area contributed by atoms with Gasteiger partial charge in [0.2, 0.25) is 5.88 Å². The molecule has 1 aromatic rings. The predicted octanol–water partition coefficient (Wildman–Crippen LogP) is 7.69. The van der Waals surface area contributed by atoms with E-state index in [0.717, 1.165) is 65.8 Å². The molecule has 6 heteroatoms. The monoisotopic (exact) mass is 539 g/mol. The van der Waals surface area contributed by atoms with Gasteiger partial charge in [-0.15, -0.1) is 0 Å². The lowest BCUT2D eigenvalue weighted by atomic mass is 9.75. The molecule has 0 saturated carbocycles. The minimum Gasteiger partial charge on any atom is -0.481 e. The molecule has 0 bridgehead atoms. The topological polar surface area (TPSA) is 42.4 Å². The van der Waals surface area contributed by atoms with Crippen molar-refractivity contribution in [3.05, 3.63) is 33.3 Å². The molecule has 38 heavy (non-hydrogen) atoms. The number of ether oxygens (including phenoxy) is 1. The summed E-state index contributed by atoms with van der Waals surface area (Å²) >= 11 is 0. The molecule has 0 spiro atoms. The molecule has 0 aliphatic rings. The van der Waals surface area contributed by atoms with Gasteiger partial charge in [0.25, 0.3) is 0 Å². The summed E-state index contributed by atoms with van der Waals surface area (Å²) in [6, 6.07) is 0. The quantitative estimate of drug-likeness (QED) is 0.232. The minimum atomic E-state index is -4.28. The van der Waals surface area contributed by atoms with Crippen molar-refractivity contribution in [2.45, 2.75) is 125 Å². The zero-order chi connectivity index (χ0) is 29.1. The first kappa shape index (κ1) is 34.2. The Morgan fingerprint density at radius 2 is 1.66 bits per heavy atom. The number of aromatic nitrogens is 1. The Balaban J connectivity index is 3.84. The van der Waals surface area contributed by atoms with Crippen molar-refractivity contribution in [3.8, 4) is 5.88 Å². The number of rotatable bonds is 15. The van der Waals surface area contributed by atoms with E-state index in [1.54, 1.807) is 7.11 Å². The third-order valence-corrected chi connectivity index (χ3v) is 7.94. The Bertz CT molecular complexity index is 1020. The van der Waals surface area contributed by atoms with E-state index in [1.165, 1.54) is 13.0 Å². The number of hydrogen-bond acceptors (Lipinski definition) is 3. The maximum Gasteiger partial charge on any atom is 0.394 e. The standard InChI is InChI=1S/C32H52F3NO2/c1-10-15-22(6)24(20-23(7)32(33,34)35)21-27-25(13-4)26(28(14-5)36-30(27)38-9)17-19-31(8,18-12-3)29(37)16-11-2/h14,17,20,22-23,29,37H,10-13,15-16,18-19,21H2,1-9H3/b24-20-,26-17-,28-14-/t22-,23?,29?,31+/m1/s1. The highest BCUT2D eigenvalue weighted by molar-refractivity contribution is 5.45. The van der Waals surface area contributed by atoms with Crippen molar-refractivity contribution in [1.82, 2.24) is 4.98 Å². The summed E-state index contributed by atoms with van der Waals surface area (Å²) in [5, 5.41) is 12.8. The number of hydrogen-bond donors (Lipinski definition) is 1.